The molecule has 2 atom stereocenters. The van der Waals surface area contributed by atoms with Gasteiger partial charge in [-0.3, -0.25) is 4.79 Å². The number of hydrogen-bond acceptors (Lipinski definition) is 5. The number of halogens is 4. The van der Waals surface area contributed by atoms with E-state index in [-0.39, 0.29) is 17.5 Å². The van der Waals surface area contributed by atoms with Gasteiger partial charge in [-0.1, -0.05) is 30.7 Å². The molecule has 1 aliphatic carbocycles. The molecular formula is C24H24F4N6O. The van der Waals surface area contributed by atoms with Gasteiger partial charge >= 0.3 is 6.18 Å². The molecule has 1 amide bonds. The van der Waals surface area contributed by atoms with Crippen LogP contribution in [-0.2, 0) is 11.0 Å². The number of alkyl halides is 3. The number of rotatable bonds is 4. The highest BCUT2D eigenvalue weighted by Gasteiger charge is 2.32. The molecular weight excluding hydrogens is 464 g/mol. The fourth-order valence-electron chi connectivity index (χ4n) is 4.37. The number of aromatic nitrogens is 2. The van der Waals surface area contributed by atoms with Crippen molar-refractivity contribution < 1.29 is 22.4 Å². The van der Waals surface area contributed by atoms with Crippen LogP contribution < -0.4 is 22.5 Å². The maximum atomic E-state index is 14.2. The van der Waals surface area contributed by atoms with Crippen molar-refractivity contribution in [3.63, 3.8) is 0 Å². The third-order valence-corrected chi connectivity index (χ3v) is 6.25. The highest BCUT2D eigenvalue weighted by atomic mass is 19.4. The summed E-state index contributed by atoms with van der Waals surface area (Å²) >= 11 is 0. The second-order valence-corrected chi connectivity index (χ2v) is 8.51. The van der Waals surface area contributed by atoms with Crippen LogP contribution in [0.25, 0.3) is 11.3 Å². The van der Waals surface area contributed by atoms with Crippen molar-refractivity contribution in [2.24, 2.45) is 16.9 Å². The number of nitrogens with two attached hydrogens (primary N) is 2. The van der Waals surface area contributed by atoms with Crippen molar-refractivity contribution in [1.29, 1.82) is 0 Å². The lowest BCUT2D eigenvalue weighted by Crippen LogP contribution is -2.31. The summed E-state index contributed by atoms with van der Waals surface area (Å²) in [5, 5.41) is 10.2. The van der Waals surface area contributed by atoms with Crippen molar-refractivity contribution >= 4 is 11.6 Å². The Morgan fingerprint density at radius 3 is 2.46 bits per heavy atom. The predicted octanol–water partition coefficient (Wildman–Crippen LogP) is 4.11. The van der Waals surface area contributed by atoms with E-state index in [0.717, 1.165) is 40.9 Å². The number of nitrogens with one attached hydrogen (secondary N) is 1. The topological polar surface area (TPSA) is 111 Å². The Kier molecular flexibility index (Phi) is 6.77. The molecule has 1 fully saturated rings. The maximum absolute atomic E-state index is 14.2. The zero-order valence-electron chi connectivity index (χ0n) is 18.6. The summed E-state index contributed by atoms with van der Waals surface area (Å²) < 4.78 is 52.4. The lowest BCUT2D eigenvalue weighted by molar-refractivity contribution is -0.137. The van der Waals surface area contributed by atoms with Crippen LogP contribution in [0.3, 0.4) is 0 Å². The van der Waals surface area contributed by atoms with E-state index in [0.29, 0.717) is 30.1 Å². The highest BCUT2D eigenvalue weighted by molar-refractivity contribution is 5.92. The molecule has 0 radical (unpaired) electrons. The molecule has 2 unspecified atom stereocenters. The normalized spacial score (nSPS) is 18.9. The van der Waals surface area contributed by atoms with Gasteiger partial charge in [0.25, 0.3) is 0 Å². The smallest absolute Gasteiger partial charge is 0.323 e. The third kappa shape index (κ3) is 5.44. The van der Waals surface area contributed by atoms with E-state index in [2.05, 4.69) is 15.5 Å². The van der Waals surface area contributed by atoms with Crippen LogP contribution in [0, 0.1) is 11.7 Å². The van der Waals surface area contributed by atoms with Crippen molar-refractivity contribution in [1.82, 2.24) is 9.89 Å². The molecule has 1 aromatic heterocycles. The lowest BCUT2D eigenvalue weighted by atomic mass is 9.77. The summed E-state index contributed by atoms with van der Waals surface area (Å²) in [7, 11) is 0. The number of amides is 1. The standard InChI is InChI=1S/C24H24F4N6O/c25-19-13-18(24(26,27)28)8-9-21(19)31-23(35)17-3-1-2-16(12-17)14-4-6-15(7-5-14)20-10-11-22(32-29)34(30)33-20/h4-11,13,16-17H,1-3,12,29-30H2,(H,31,35)/b32-22-. The van der Waals surface area contributed by atoms with Crippen LogP contribution in [0.1, 0.15) is 42.7 Å². The van der Waals surface area contributed by atoms with E-state index in [1.807, 2.05) is 24.3 Å². The molecule has 0 saturated heterocycles. The first-order chi connectivity index (χ1) is 16.7. The molecule has 3 aromatic rings. The van der Waals surface area contributed by atoms with Crippen molar-refractivity contribution in [2.75, 3.05) is 11.2 Å². The van der Waals surface area contributed by atoms with E-state index >= 15 is 0 Å². The van der Waals surface area contributed by atoms with E-state index < -0.39 is 23.5 Å². The van der Waals surface area contributed by atoms with Gasteiger partial charge in [0, 0.05) is 11.5 Å². The van der Waals surface area contributed by atoms with Gasteiger partial charge in [0.15, 0.2) is 5.49 Å². The molecule has 35 heavy (non-hydrogen) atoms. The Hall–Kier alpha value is -3.89. The molecule has 0 bridgehead atoms. The van der Waals surface area contributed by atoms with Gasteiger partial charge in [-0.05, 0) is 61.1 Å². The number of anilines is 1. The zero-order valence-corrected chi connectivity index (χ0v) is 18.6. The fourth-order valence-corrected chi connectivity index (χ4v) is 4.37. The first-order valence-electron chi connectivity index (χ1n) is 11.0. The van der Waals surface area contributed by atoms with Gasteiger partial charge in [-0.25, -0.2) is 4.39 Å². The minimum atomic E-state index is -4.65. The molecule has 0 aliphatic heterocycles. The quantitative estimate of drug-likeness (QED) is 0.292. The molecule has 184 valence electrons. The van der Waals surface area contributed by atoms with Crippen LogP contribution >= 0.6 is 0 Å². The lowest BCUT2D eigenvalue weighted by Gasteiger charge is -2.29. The molecule has 1 saturated carbocycles. The molecule has 7 nitrogen and oxygen atoms in total. The average Bonchev–Trinajstić information content (AvgIpc) is 2.84. The Balaban J connectivity index is 1.43. The Labute approximate surface area is 198 Å². The first kappa shape index (κ1) is 24.2. The predicted molar refractivity (Wildman–Crippen MR) is 122 cm³/mol. The van der Waals surface area contributed by atoms with E-state index in [9.17, 15) is 22.4 Å². The summed E-state index contributed by atoms with van der Waals surface area (Å²) in [5.41, 5.74) is 1.52. The van der Waals surface area contributed by atoms with Gasteiger partial charge in [0.2, 0.25) is 5.91 Å². The molecule has 1 aliphatic rings. The monoisotopic (exact) mass is 488 g/mol. The fraction of sp³-hybridized carbons (Fsp3) is 0.292. The summed E-state index contributed by atoms with van der Waals surface area (Å²) in [5.74, 6) is 9.25. The largest absolute Gasteiger partial charge is 0.416 e. The maximum Gasteiger partial charge on any atom is 0.416 e. The minimum absolute atomic E-state index is 0.122. The van der Waals surface area contributed by atoms with E-state index in [1.54, 1.807) is 12.1 Å². The molecule has 5 N–H and O–H groups in total. The average molecular weight is 488 g/mol. The number of nitrogens with zero attached hydrogens (tertiary/aromatic N) is 3. The molecule has 11 heteroatoms. The Bertz CT molecular complexity index is 1290. The molecule has 1 heterocycles. The van der Waals surface area contributed by atoms with Crippen molar-refractivity contribution in [2.45, 2.75) is 37.8 Å². The molecule has 2 aromatic carbocycles. The third-order valence-electron chi connectivity index (χ3n) is 6.25. The molecule has 4 rings (SSSR count). The zero-order chi connectivity index (χ0) is 25.2. The van der Waals surface area contributed by atoms with Gasteiger partial charge in [0.05, 0.1) is 16.9 Å². The highest BCUT2D eigenvalue weighted by Crippen LogP contribution is 2.38. The number of carbonyl (C=O) groups excluding carboxylic acids is 1. The Morgan fingerprint density at radius 1 is 1.09 bits per heavy atom. The number of nitrogen functional groups attached to an aromatic ring is 1. The second kappa shape index (κ2) is 9.77. The van der Waals surface area contributed by atoms with Crippen LogP contribution in [0.2, 0.25) is 0 Å². The summed E-state index contributed by atoms with van der Waals surface area (Å²) in [6.07, 6.45) is -1.77. The first-order valence-corrected chi connectivity index (χ1v) is 11.0. The number of carbonyl (C=O) groups is 1. The number of benzene rings is 2. The number of hydrogen-bond donors (Lipinski definition) is 3. The van der Waals surface area contributed by atoms with Crippen molar-refractivity contribution in [3.05, 3.63) is 77.0 Å². The van der Waals surface area contributed by atoms with E-state index in [4.69, 9.17) is 11.7 Å². The second-order valence-electron chi connectivity index (χ2n) is 8.51. The van der Waals surface area contributed by atoms with E-state index in [1.165, 1.54) is 0 Å². The SMILES string of the molecule is N/N=c1/ccc(-c2ccc(C3CCCC(C(=O)Nc4ccc(C(F)(F)F)cc4F)C3)cc2)nn1N. The van der Waals surface area contributed by atoms with Crippen LogP contribution in [0.5, 0.6) is 0 Å². The van der Waals surface area contributed by atoms with Crippen molar-refractivity contribution in [3.8, 4) is 11.3 Å². The van der Waals surface area contributed by atoms with Crippen LogP contribution in [-0.4, -0.2) is 15.8 Å². The summed E-state index contributed by atoms with van der Waals surface area (Å²) in [6, 6.07) is 13.3. The van der Waals surface area contributed by atoms with Gasteiger partial charge < -0.3 is 17.0 Å². The Morgan fingerprint density at radius 2 is 1.83 bits per heavy atom. The summed E-state index contributed by atoms with van der Waals surface area (Å²) in [4.78, 5) is 13.9. The summed E-state index contributed by atoms with van der Waals surface area (Å²) in [6.45, 7) is 0. The van der Waals surface area contributed by atoms with Gasteiger partial charge in [-0.15, -0.1) is 0 Å². The van der Waals surface area contributed by atoms with Crippen LogP contribution in [0.4, 0.5) is 23.2 Å². The van der Waals surface area contributed by atoms with Crippen LogP contribution in [0.15, 0.2) is 59.7 Å². The minimum Gasteiger partial charge on any atom is -0.323 e. The van der Waals surface area contributed by atoms with Gasteiger partial charge in [0.1, 0.15) is 5.82 Å². The van der Waals surface area contributed by atoms with Gasteiger partial charge in [-0.2, -0.15) is 28.2 Å². The molecule has 0 spiro atoms.